The van der Waals surface area contributed by atoms with Gasteiger partial charge in [0.15, 0.2) is 0 Å². The Morgan fingerprint density at radius 3 is 2.67 bits per heavy atom. The molecule has 0 atom stereocenters. The van der Waals surface area contributed by atoms with Crippen LogP contribution < -0.4 is 5.32 Å². The average molecular weight is 184 g/mol. The molecule has 0 amide bonds. The van der Waals surface area contributed by atoms with Gasteiger partial charge in [0.2, 0.25) is 0 Å². The second-order valence-electron chi connectivity index (χ2n) is 2.75. The molecular weight excluding hydrogens is 168 g/mol. The van der Waals surface area contributed by atoms with Gasteiger partial charge in [0.25, 0.3) is 0 Å². The average Bonchev–Trinajstić information content (AvgIpc) is 2.43. The maximum Gasteiger partial charge on any atom is 0.0928 e. The Bertz CT molecular complexity index is 243. The van der Waals surface area contributed by atoms with Crippen LogP contribution in [-0.4, -0.2) is 11.5 Å². The van der Waals surface area contributed by atoms with Gasteiger partial charge in [-0.3, -0.25) is 0 Å². The van der Waals surface area contributed by atoms with Gasteiger partial charge in [0.1, 0.15) is 0 Å². The van der Waals surface area contributed by atoms with Crippen molar-refractivity contribution in [1.82, 2.24) is 10.3 Å². The molecule has 3 heteroatoms. The minimum Gasteiger partial charge on any atom is -0.312 e. The Hall–Kier alpha value is -0.410. The fraction of sp³-hybridized carbons (Fsp3) is 0.667. The predicted molar refractivity (Wildman–Crippen MR) is 53.6 cm³/mol. The molecule has 12 heavy (non-hydrogen) atoms. The lowest BCUT2D eigenvalue weighted by molar-refractivity contribution is 0.731. The monoisotopic (exact) mass is 184 g/mol. The molecule has 0 radical (unpaired) electrons. The largest absolute Gasteiger partial charge is 0.312 e. The van der Waals surface area contributed by atoms with Gasteiger partial charge in [-0.15, -0.1) is 11.3 Å². The summed E-state index contributed by atoms with van der Waals surface area (Å²) < 4.78 is 0. The van der Waals surface area contributed by atoms with Gasteiger partial charge in [-0.2, -0.15) is 0 Å². The molecule has 0 aliphatic carbocycles. The van der Waals surface area contributed by atoms with Crippen molar-refractivity contribution >= 4 is 11.3 Å². The quantitative estimate of drug-likeness (QED) is 0.775. The van der Waals surface area contributed by atoms with Crippen LogP contribution in [0, 0.1) is 6.92 Å². The molecule has 0 aliphatic heterocycles. The molecule has 1 aromatic heterocycles. The van der Waals surface area contributed by atoms with Gasteiger partial charge < -0.3 is 5.32 Å². The van der Waals surface area contributed by atoms with E-state index in [1.807, 2.05) is 11.3 Å². The normalized spacial score (nSPS) is 10.6. The van der Waals surface area contributed by atoms with Crippen LogP contribution in [0.2, 0.25) is 0 Å². The molecule has 68 valence electrons. The standard InChI is InChI=1S/C9H16N2S/c1-4-9-11-7(3)8(12-9)6-10-5-2/h10H,4-6H2,1-3H3. The first kappa shape index (κ1) is 9.68. The number of hydrogen-bond donors (Lipinski definition) is 1. The number of rotatable bonds is 4. The summed E-state index contributed by atoms with van der Waals surface area (Å²) in [5.41, 5.74) is 1.19. The van der Waals surface area contributed by atoms with Crippen molar-refractivity contribution in [2.45, 2.75) is 33.7 Å². The molecule has 0 unspecified atom stereocenters. The van der Waals surface area contributed by atoms with Crippen molar-refractivity contribution in [3.05, 3.63) is 15.6 Å². The van der Waals surface area contributed by atoms with E-state index in [4.69, 9.17) is 0 Å². The molecule has 0 bridgehead atoms. The molecule has 0 saturated carbocycles. The molecule has 0 saturated heterocycles. The van der Waals surface area contributed by atoms with Gasteiger partial charge >= 0.3 is 0 Å². The second kappa shape index (κ2) is 4.58. The van der Waals surface area contributed by atoms with E-state index in [9.17, 15) is 0 Å². The fourth-order valence-electron chi connectivity index (χ4n) is 1.04. The molecule has 0 aromatic carbocycles. The van der Waals surface area contributed by atoms with Gasteiger partial charge in [0.05, 0.1) is 10.7 Å². The zero-order valence-electron chi connectivity index (χ0n) is 7.98. The lowest BCUT2D eigenvalue weighted by atomic mass is 10.4. The molecule has 0 fully saturated rings. The number of hydrogen-bond acceptors (Lipinski definition) is 3. The Labute approximate surface area is 78.0 Å². The summed E-state index contributed by atoms with van der Waals surface area (Å²) in [6.07, 6.45) is 1.05. The number of aryl methyl sites for hydroxylation is 2. The smallest absolute Gasteiger partial charge is 0.0928 e. The maximum absolute atomic E-state index is 4.46. The highest BCUT2D eigenvalue weighted by Crippen LogP contribution is 2.17. The van der Waals surface area contributed by atoms with Gasteiger partial charge in [-0.1, -0.05) is 13.8 Å². The van der Waals surface area contributed by atoms with Crippen molar-refractivity contribution in [2.24, 2.45) is 0 Å². The summed E-state index contributed by atoms with van der Waals surface area (Å²) in [4.78, 5) is 5.84. The molecule has 0 spiro atoms. The molecule has 2 nitrogen and oxygen atoms in total. The predicted octanol–water partition coefficient (Wildman–Crippen LogP) is 2.12. The third kappa shape index (κ3) is 2.29. The van der Waals surface area contributed by atoms with Crippen LogP contribution in [0.25, 0.3) is 0 Å². The first-order valence-electron chi connectivity index (χ1n) is 4.43. The molecule has 1 N–H and O–H groups in total. The zero-order chi connectivity index (χ0) is 8.97. The SMILES string of the molecule is CCNCc1sc(CC)nc1C. The van der Waals surface area contributed by atoms with Crippen LogP contribution in [-0.2, 0) is 13.0 Å². The highest BCUT2D eigenvalue weighted by molar-refractivity contribution is 7.11. The second-order valence-corrected chi connectivity index (χ2v) is 3.92. The zero-order valence-corrected chi connectivity index (χ0v) is 8.79. The highest BCUT2D eigenvalue weighted by atomic mass is 32.1. The summed E-state index contributed by atoms with van der Waals surface area (Å²) in [5, 5.41) is 4.56. The summed E-state index contributed by atoms with van der Waals surface area (Å²) in [5.74, 6) is 0. The van der Waals surface area contributed by atoms with E-state index in [0.29, 0.717) is 0 Å². The lowest BCUT2D eigenvalue weighted by Gasteiger charge is -1.97. The van der Waals surface area contributed by atoms with Crippen molar-refractivity contribution < 1.29 is 0 Å². The van der Waals surface area contributed by atoms with Crippen molar-refractivity contribution in [2.75, 3.05) is 6.54 Å². The van der Waals surface area contributed by atoms with Crippen LogP contribution in [0.3, 0.4) is 0 Å². The van der Waals surface area contributed by atoms with Crippen LogP contribution in [0.5, 0.6) is 0 Å². The topological polar surface area (TPSA) is 24.9 Å². The Kier molecular flexibility index (Phi) is 3.69. The van der Waals surface area contributed by atoms with E-state index in [1.165, 1.54) is 15.6 Å². The minimum atomic E-state index is 0.972. The first-order valence-corrected chi connectivity index (χ1v) is 5.25. The molecule has 1 heterocycles. The third-order valence-corrected chi connectivity index (χ3v) is 3.08. The number of nitrogens with zero attached hydrogens (tertiary/aromatic N) is 1. The van der Waals surface area contributed by atoms with Crippen LogP contribution >= 0.6 is 11.3 Å². The molecule has 1 aromatic rings. The van der Waals surface area contributed by atoms with Crippen LogP contribution in [0.4, 0.5) is 0 Å². The number of nitrogens with one attached hydrogen (secondary N) is 1. The molecular formula is C9H16N2S. The summed E-state index contributed by atoms with van der Waals surface area (Å²) >= 11 is 1.83. The number of aromatic nitrogens is 1. The summed E-state index contributed by atoms with van der Waals surface area (Å²) in [7, 11) is 0. The van der Waals surface area contributed by atoms with E-state index in [2.05, 4.69) is 31.1 Å². The van der Waals surface area contributed by atoms with Gasteiger partial charge in [-0.25, -0.2) is 4.98 Å². The highest BCUT2D eigenvalue weighted by Gasteiger charge is 2.04. The lowest BCUT2D eigenvalue weighted by Crippen LogP contribution is -2.11. The van der Waals surface area contributed by atoms with Gasteiger partial charge in [0, 0.05) is 11.4 Å². The Morgan fingerprint density at radius 1 is 1.42 bits per heavy atom. The summed E-state index contributed by atoms with van der Waals surface area (Å²) in [6, 6.07) is 0. The Balaban J connectivity index is 2.64. The minimum absolute atomic E-state index is 0.972. The van der Waals surface area contributed by atoms with E-state index in [0.717, 1.165) is 19.5 Å². The van der Waals surface area contributed by atoms with E-state index >= 15 is 0 Å². The van der Waals surface area contributed by atoms with E-state index < -0.39 is 0 Å². The van der Waals surface area contributed by atoms with Crippen molar-refractivity contribution in [1.29, 1.82) is 0 Å². The van der Waals surface area contributed by atoms with Crippen LogP contribution in [0.1, 0.15) is 29.4 Å². The van der Waals surface area contributed by atoms with E-state index in [-0.39, 0.29) is 0 Å². The summed E-state index contributed by atoms with van der Waals surface area (Å²) in [6.45, 7) is 8.35. The van der Waals surface area contributed by atoms with Gasteiger partial charge in [-0.05, 0) is 19.9 Å². The first-order chi connectivity index (χ1) is 5.77. The van der Waals surface area contributed by atoms with Crippen molar-refractivity contribution in [3.8, 4) is 0 Å². The fourth-order valence-corrected chi connectivity index (χ4v) is 2.02. The molecule has 1 rings (SSSR count). The maximum atomic E-state index is 4.46. The third-order valence-electron chi connectivity index (χ3n) is 1.77. The Morgan fingerprint density at radius 2 is 2.17 bits per heavy atom. The number of thiazole rings is 1. The van der Waals surface area contributed by atoms with E-state index in [1.54, 1.807) is 0 Å². The van der Waals surface area contributed by atoms with Crippen molar-refractivity contribution in [3.63, 3.8) is 0 Å². The molecule has 0 aliphatic rings. The van der Waals surface area contributed by atoms with Crippen LogP contribution in [0.15, 0.2) is 0 Å².